The molecule has 0 radical (unpaired) electrons. The first kappa shape index (κ1) is 16.5. The minimum absolute atomic E-state index is 0.0370. The number of sulfone groups is 1. The van der Waals surface area contributed by atoms with E-state index in [0.717, 1.165) is 10.0 Å². The summed E-state index contributed by atoms with van der Waals surface area (Å²) in [5.41, 5.74) is 6.73. The number of hydrogen-bond acceptors (Lipinski definition) is 4. The van der Waals surface area contributed by atoms with Crippen molar-refractivity contribution in [1.82, 2.24) is 0 Å². The molecule has 0 aliphatic heterocycles. The van der Waals surface area contributed by atoms with Gasteiger partial charge in [0.05, 0.1) is 11.5 Å². The van der Waals surface area contributed by atoms with E-state index in [2.05, 4.69) is 15.9 Å². The predicted molar refractivity (Wildman–Crippen MR) is 81.2 cm³/mol. The highest BCUT2D eigenvalue weighted by Crippen LogP contribution is 2.27. The van der Waals surface area contributed by atoms with Crippen molar-refractivity contribution in [3.05, 3.63) is 28.2 Å². The Kier molecular flexibility index (Phi) is 6.29. The molecule has 0 saturated carbocycles. The highest BCUT2D eigenvalue weighted by atomic mass is 79.9. The summed E-state index contributed by atoms with van der Waals surface area (Å²) in [4.78, 5) is 0. The molecule has 0 aliphatic rings. The van der Waals surface area contributed by atoms with Crippen LogP contribution in [0.1, 0.15) is 31.9 Å². The Morgan fingerprint density at radius 3 is 2.63 bits per heavy atom. The van der Waals surface area contributed by atoms with Crippen LogP contribution in [-0.2, 0) is 9.84 Å². The standard InChI is InChI=1S/C13H20BrNO3S/c1-3-7-19(16,17)8-6-18-13-5-4-11(14)9-12(13)10(2)15/h4-5,9-10H,3,6-8,15H2,1-2H3. The van der Waals surface area contributed by atoms with Crippen LogP contribution in [0.25, 0.3) is 0 Å². The van der Waals surface area contributed by atoms with Gasteiger partial charge in [0.15, 0.2) is 9.84 Å². The maximum absolute atomic E-state index is 11.6. The van der Waals surface area contributed by atoms with Crippen LogP contribution in [-0.4, -0.2) is 26.5 Å². The number of ether oxygens (including phenoxy) is 1. The molecule has 0 fully saturated rings. The molecule has 1 rings (SSSR count). The van der Waals surface area contributed by atoms with E-state index >= 15 is 0 Å². The van der Waals surface area contributed by atoms with E-state index in [4.69, 9.17) is 10.5 Å². The van der Waals surface area contributed by atoms with E-state index in [-0.39, 0.29) is 24.2 Å². The average molecular weight is 350 g/mol. The van der Waals surface area contributed by atoms with Crippen LogP contribution in [0.15, 0.2) is 22.7 Å². The van der Waals surface area contributed by atoms with Crippen molar-refractivity contribution in [3.63, 3.8) is 0 Å². The molecule has 1 aromatic rings. The zero-order chi connectivity index (χ0) is 14.5. The first-order valence-corrected chi connectivity index (χ1v) is 8.85. The minimum Gasteiger partial charge on any atom is -0.492 e. The molecule has 2 N–H and O–H groups in total. The van der Waals surface area contributed by atoms with Crippen molar-refractivity contribution in [2.75, 3.05) is 18.1 Å². The van der Waals surface area contributed by atoms with Crippen LogP contribution in [0.5, 0.6) is 5.75 Å². The van der Waals surface area contributed by atoms with Gasteiger partial charge in [-0.05, 0) is 31.5 Å². The zero-order valence-electron chi connectivity index (χ0n) is 11.2. The molecule has 1 atom stereocenters. The fourth-order valence-electron chi connectivity index (χ4n) is 1.70. The maximum atomic E-state index is 11.6. The molecule has 1 unspecified atom stereocenters. The van der Waals surface area contributed by atoms with E-state index in [1.165, 1.54) is 0 Å². The summed E-state index contributed by atoms with van der Waals surface area (Å²) in [6, 6.07) is 5.37. The Morgan fingerprint density at radius 1 is 1.37 bits per heavy atom. The number of hydrogen-bond donors (Lipinski definition) is 1. The lowest BCUT2D eigenvalue weighted by Crippen LogP contribution is -2.17. The molecule has 4 nitrogen and oxygen atoms in total. The highest BCUT2D eigenvalue weighted by Gasteiger charge is 2.12. The molecule has 108 valence electrons. The second-order valence-corrected chi connectivity index (χ2v) is 7.69. The lowest BCUT2D eigenvalue weighted by molar-refractivity contribution is 0.335. The van der Waals surface area contributed by atoms with Gasteiger partial charge in [-0.2, -0.15) is 0 Å². The Hall–Kier alpha value is -0.590. The van der Waals surface area contributed by atoms with Gasteiger partial charge >= 0.3 is 0 Å². The summed E-state index contributed by atoms with van der Waals surface area (Å²) in [5, 5.41) is 0. The van der Waals surface area contributed by atoms with E-state index in [9.17, 15) is 8.42 Å². The predicted octanol–water partition coefficient (Wildman–Crippen LogP) is 2.67. The third-order valence-electron chi connectivity index (χ3n) is 2.63. The number of halogens is 1. The molecule has 0 saturated heterocycles. The summed E-state index contributed by atoms with van der Waals surface area (Å²) in [6.45, 7) is 3.87. The molecule has 0 aromatic heterocycles. The second kappa shape index (κ2) is 7.26. The smallest absolute Gasteiger partial charge is 0.153 e. The topological polar surface area (TPSA) is 69.4 Å². The Labute approximate surface area is 123 Å². The van der Waals surface area contributed by atoms with Gasteiger partial charge < -0.3 is 10.5 Å². The van der Waals surface area contributed by atoms with Crippen molar-refractivity contribution in [2.24, 2.45) is 5.73 Å². The Bertz CT molecular complexity index is 515. The van der Waals surface area contributed by atoms with Crippen LogP contribution < -0.4 is 10.5 Å². The molecule has 0 aliphatic carbocycles. The lowest BCUT2D eigenvalue weighted by atomic mass is 10.1. The van der Waals surface area contributed by atoms with Crippen molar-refractivity contribution in [2.45, 2.75) is 26.3 Å². The number of nitrogens with two attached hydrogens (primary N) is 1. The van der Waals surface area contributed by atoms with E-state index in [1.54, 1.807) is 6.07 Å². The quantitative estimate of drug-likeness (QED) is 0.821. The number of benzene rings is 1. The molecular weight excluding hydrogens is 330 g/mol. The second-order valence-electron chi connectivity index (χ2n) is 4.47. The first-order valence-electron chi connectivity index (χ1n) is 6.24. The molecule has 0 bridgehead atoms. The van der Waals surface area contributed by atoms with Crippen LogP contribution in [0.3, 0.4) is 0 Å². The molecule has 1 aromatic carbocycles. The summed E-state index contributed by atoms with van der Waals surface area (Å²) >= 11 is 3.38. The molecule has 0 amide bonds. The van der Waals surface area contributed by atoms with Crippen molar-refractivity contribution >= 4 is 25.8 Å². The van der Waals surface area contributed by atoms with Gasteiger partial charge in [-0.3, -0.25) is 0 Å². The molecule has 0 spiro atoms. The molecular formula is C13H20BrNO3S. The van der Waals surface area contributed by atoms with Gasteiger partial charge in [0.1, 0.15) is 12.4 Å². The third-order valence-corrected chi connectivity index (χ3v) is 4.94. The van der Waals surface area contributed by atoms with Gasteiger partial charge in [-0.15, -0.1) is 0 Å². The normalized spacial score (nSPS) is 13.3. The van der Waals surface area contributed by atoms with E-state index in [0.29, 0.717) is 12.2 Å². The van der Waals surface area contributed by atoms with Crippen molar-refractivity contribution in [3.8, 4) is 5.75 Å². The monoisotopic (exact) mass is 349 g/mol. The van der Waals surface area contributed by atoms with Gasteiger partial charge in [0, 0.05) is 16.1 Å². The number of rotatable bonds is 7. The Balaban J connectivity index is 2.68. The van der Waals surface area contributed by atoms with E-state index < -0.39 is 9.84 Å². The van der Waals surface area contributed by atoms with Crippen LogP contribution in [0.2, 0.25) is 0 Å². The first-order chi connectivity index (χ1) is 8.85. The van der Waals surface area contributed by atoms with Crippen LogP contribution in [0.4, 0.5) is 0 Å². The molecule has 6 heteroatoms. The fourth-order valence-corrected chi connectivity index (χ4v) is 3.24. The summed E-state index contributed by atoms with van der Waals surface area (Å²) < 4.78 is 29.6. The minimum atomic E-state index is -3.01. The SMILES string of the molecule is CCCS(=O)(=O)CCOc1ccc(Br)cc1C(C)N. The zero-order valence-corrected chi connectivity index (χ0v) is 13.6. The largest absolute Gasteiger partial charge is 0.492 e. The van der Waals surface area contributed by atoms with Crippen LogP contribution >= 0.6 is 15.9 Å². The third kappa shape index (κ3) is 5.50. The lowest BCUT2D eigenvalue weighted by Gasteiger charge is -2.14. The van der Waals surface area contributed by atoms with Gasteiger partial charge in [-0.25, -0.2) is 8.42 Å². The van der Waals surface area contributed by atoms with Gasteiger partial charge in [0.2, 0.25) is 0 Å². The summed E-state index contributed by atoms with van der Waals surface area (Å²) in [7, 11) is -3.01. The Morgan fingerprint density at radius 2 is 2.05 bits per heavy atom. The van der Waals surface area contributed by atoms with Crippen molar-refractivity contribution < 1.29 is 13.2 Å². The van der Waals surface area contributed by atoms with Gasteiger partial charge in [0.25, 0.3) is 0 Å². The maximum Gasteiger partial charge on any atom is 0.153 e. The fraction of sp³-hybridized carbons (Fsp3) is 0.538. The van der Waals surface area contributed by atoms with E-state index in [1.807, 2.05) is 26.0 Å². The average Bonchev–Trinajstić information content (AvgIpc) is 2.30. The molecule has 19 heavy (non-hydrogen) atoms. The van der Waals surface area contributed by atoms with Crippen molar-refractivity contribution in [1.29, 1.82) is 0 Å². The molecule has 0 heterocycles. The summed E-state index contributed by atoms with van der Waals surface area (Å²) in [5.74, 6) is 0.886. The van der Waals surface area contributed by atoms with Crippen LogP contribution in [0, 0.1) is 0 Å². The summed E-state index contributed by atoms with van der Waals surface area (Å²) in [6.07, 6.45) is 0.631. The highest BCUT2D eigenvalue weighted by molar-refractivity contribution is 9.10. The van der Waals surface area contributed by atoms with Gasteiger partial charge in [-0.1, -0.05) is 22.9 Å².